The molecule has 0 aliphatic carbocycles. The van der Waals surface area contributed by atoms with Gasteiger partial charge in [0.2, 0.25) is 18.5 Å². The number of aromatic nitrogens is 3. The molecule has 4 aromatic rings. The highest BCUT2D eigenvalue weighted by Gasteiger charge is 2.16. The van der Waals surface area contributed by atoms with E-state index in [1.807, 2.05) is 54.8 Å². The van der Waals surface area contributed by atoms with Crippen LogP contribution < -0.4 is 9.47 Å². The Bertz CT molecular complexity index is 1120. The smallest absolute Gasteiger partial charge is 0.233 e. The van der Waals surface area contributed by atoms with Crippen LogP contribution in [0.3, 0.4) is 0 Å². The lowest BCUT2D eigenvalue weighted by atomic mass is 10.1. The van der Waals surface area contributed by atoms with Gasteiger partial charge >= 0.3 is 0 Å². The maximum atomic E-state index is 5.44. The highest BCUT2D eigenvalue weighted by atomic mass is 32.1. The second kappa shape index (κ2) is 6.51. The summed E-state index contributed by atoms with van der Waals surface area (Å²) in [5, 5.41) is 7.03. The highest BCUT2D eigenvalue weighted by Crippen LogP contribution is 2.36. The molecule has 0 bridgehead atoms. The zero-order valence-electron chi connectivity index (χ0n) is 14.5. The van der Waals surface area contributed by atoms with E-state index in [-0.39, 0.29) is 6.79 Å². The van der Waals surface area contributed by atoms with Gasteiger partial charge in [-0.3, -0.25) is 0 Å². The summed E-state index contributed by atoms with van der Waals surface area (Å²) in [5.74, 6) is 2.67. The SMILES string of the molecule is Cc1cccc(-c2noc(Cc3nc(-c4ccc5c(c4)OCO5)cs3)n2)c1. The molecule has 0 amide bonds. The van der Waals surface area contributed by atoms with E-state index in [0.29, 0.717) is 18.1 Å². The number of fused-ring (bicyclic) bond motifs is 1. The Kier molecular flexibility index (Phi) is 3.86. The Hall–Kier alpha value is -3.19. The lowest BCUT2D eigenvalue weighted by Crippen LogP contribution is -1.92. The van der Waals surface area contributed by atoms with Crippen molar-refractivity contribution >= 4 is 11.3 Å². The molecular formula is C20H15N3O3S. The van der Waals surface area contributed by atoms with Gasteiger partial charge in [-0.2, -0.15) is 4.98 Å². The van der Waals surface area contributed by atoms with Crippen molar-refractivity contribution in [3.63, 3.8) is 0 Å². The van der Waals surface area contributed by atoms with Gasteiger partial charge in [0.15, 0.2) is 11.5 Å². The number of nitrogens with zero attached hydrogens (tertiary/aromatic N) is 3. The first-order chi connectivity index (χ1) is 13.2. The average Bonchev–Trinajstić information content (AvgIpc) is 3.42. The Morgan fingerprint density at radius 1 is 1.00 bits per heavy atom. The molecule has 0 unspecified atom stereocenters. The fourth-order valence-electron chi connectivity index (χ4n) is 2.94. The van der Waals surface area contributed by atoms with Gasteiger partial charge in [-0.25, -0.2) is 4.98 Å². The van der Waals surface area contributed by atoms with E-state index in [2.05, 4.69) is 10.1 Å². The molecule has 0 saturated carbocycles. The third-order valence-corrected chi connectivity index (χ3v) is 5.12. The summed E-state index contributed by atoms with van der Waals surface area (Å²) in [4.78, 5) is 9.19. The first-order valence-corrected chi connectivity index (χ1v) is 9.36. The third-order valence-electron chi connectivity index (χ3n) is 4.27. The van der Waals surface area contributed by atoms with Crippen molar-refractivity contribution in [2.45, 2.75) is 13.3 Å². The van der Waals surface area contributed by atoms with Gasteiger partial charge in [0.25, 0.3) is 0 Å². The molecule has 5 rings (SSSR count). The van der Waals surface area contributed by atoms with E-state index < -0.39 is 0 Å². The lowest BCUT2D eigenvalue weighted by Gasteiger charge is -1.99. The van der Waals surface area contributed by atoms with Gasteiger partial charge < -0.3 is 14.0 Å². The minimum absolute atomic E-state index is 0.265. The summed E-state index contributed by atoms with van der Waals surface area (Å²) in [7, 11) is 0. The highest BCUT2D eigenvalue weighted by molar-refractivity contribution is 7.10. The van der Waals surface area contributed by atoms with Gasteiger partial charge in [0.05, 0.1) is 12.1 Å². The first-order valence-electron chi connectivity index (χ1n) is 8.49. The second-order valence-electron chi connectivity index (χ2n) is 6.25. The van der Waals surface area contributed by atoms with E-state index in [1.165, 1.54) is 0 Å². The number of aryl methyl sites for hydroxylation is 1. The number of hydrogen-bond donors (Lipinski definition) is 0. The van der Waals surface area contributed by atoms with E-state index >= 15 is 0 Å². The fourth-order valence-corrected chi connectivity index (χ4v) is 3.73. The lowest BCUT2D eigenvalue weighted by molar-refractivity contribution is 0.174. The van der Waals surface area contributed by atoms with Crippen LogP contribution in [0.4, 0.5) is 0 Å². The van der Waals surface area contributed by atoms with Crippen LogP contribution in [-0.4, -0.2) is 21.9 Å². The standard InChI is InChI=1S/C20H15N3O3S/c1-12-3-2-4-14(7-12)20-22-18(26-23-20)9-19-21-15(10-27-19)13-5-6-16-17(8-13)25-11-24-16/h2-8,10H,9,11H2,1H3. The minimum Gasteiger partial charge on any atom is -0.454 e. The third kappa shape index (κ3) is 3.17. The number of benzene rings is 2. The van der Waals surface area contributed by atoms with Crippen LogP contribution in [0, 0.1) is 6.92 Å². The molecule has 7 heteroatoms. The zero-order chi connectivity index (χ0) is 18.2. The number of rotatable bonds is 4. The summed E-state index contributed by atoms with van der Waals surface area (Å²) in [6.07, 6.45) is 0.508. The van der Waals surface area contributed by atoms with E-state index in [9.17, 15) is 0 Å². The van der Waals surface area contributed by atoms with Crippen LogP contribution in [-0.2, 0) is 6.42 Å². The van der Waals surface area contributed by atoms with Crippen molar-refractivity contribution in [1.29, 1.82) is 0 Å². The molecule has 3 heterocycles. The molecule has 0 atom stereocenters. The molecule has 0 fully saturated rings. The summed E-state index contributed by atoms with van der Waals surface area (Å²) in [5.41, 5.74) is 4.00. The van der Waals surface area contributed by atoms with E-state index in [0.717, 1.165) is 38.9 Å². The van der Waals surface area contributed by atoms with Crippen molar-refractivity contribution in [3.05, 3.63) is 64.3 Å². The molecule has 2 aromatic heterocycles. The molecular weight excluding hydrogens is 362 g/mol. The Morgan fingerprint density at radius 2 is 1.93 bits per heavy atom. The van der Waals surface area contributed by atoms with Crippen molar-refractivity contribution in [2.75, 3.05) is 6.79 Å². The fraction of sp³-hybridized carbons (Fsp3) is 0.150. The first kappa shape index (κ1) is 16.0. The number of thiazole rings is 1. The molecule has 6 nitrogen and oxygen atoms in total. The van der Waals surface area contributed by atoms with Crippen LogP contribution in [0.1, 0.15) is 16.5 Å². The molecule has 2 aromatic carbocycles. The predicted molar refractivity (Wildman–Crippen MR) is 101 cm³/mol. The zero-order valence-corrected chi connectivity index (χ0v) is 15.3. The number of ether oxygens (including phenoxy) is 2. The van der Waals surface area contributed by atoms with Gasteiger partial charge in [-0.1, -0.05) is 28.9 Å². The van der Waals surface area contributed by atoms with Crippen molar-refractivity contribution in [2.24, 2.45) is 0 Å². The molecule has 134 valence electrons. The van der Waals surface area contributed by atoms with Gasteiger partial charge in [0.1, 0.15) is 5.01 Å². The quantitative estimate of drug-likeness (QED) is 0.522. The molecule has 0 saturated heterocycles. The van der Waals surface area contributed by atoms with Crippen molar-refractivity contribution < 1.29 is 14.0 Å². The Labute approximate surface area is 159 Å². The summed E-state index contributed by atoms with van der Waals surface area (Å²) in [6, 6.07) is 13.9. The van der Waals surface area contributed by atoms with Crippen LogP contribution in [0.5, 0.6) is 11.5 Å². The minimum atomic E-state index is 0.265. The molecule has 27 heavy (non-hydrogen) atoms. The Balaban J connectivity index is 1.35. The topological polar surface area (TPSA) is 70.3 Å². The normalized spacial score (nSPS) is 12.5. The predicted octanol–water partition coefficient (Wildman–Crippen LogP) is 4.49. The molecule has 1 aliphatic heterocycles. The maximum Gasteiger partial charge on any atom is 0.233 e. The molecule has 0 radical (unpaired) electrons. The van der Waals surface area contributed by atoms with Crippen LogP contribution in [0.25, 0.3) is 22.6 Å². The molecule has 0 spiro atoms. The summed E-state index contributed by atoms with van der Waals surface area (Å²) in [6.45, 7) is 2.30. The monoisotopic (exact) mass is 377 g/mol. The maximum absolute atomic E-state index is 5.44. The van der Waals surface area contributed by atoms with Gasteiger partial charge in [-0.15, -0.1) is 11.3 Å². The van der Waals surface area contributed by atoms with Crippen molar-refractivity contribution in [1.82, 2.24) is 15.1 Å². The van der Waals surface area contributed by atoms with E-state index in [4.69, 9.17) is 19.0 Å². The van der Waals surface area contributed by atoms with Crippen LogP contribution >= 0.6 is 11.3 Å². The van der Waals surface area contributed by atoms with Crippen LogP contribution in [0.15, 0.2) is 52.4 Å². The summed E-state index contributed by atoms with van der Waals surface area (Å²) < 4.78 is 16.2. The molecule has 1 aliphatic rings. The average molecular weight is 377 g/mol. The van der Waals surface area contributed by atoms with Gasteiger partial charge in [-0.05, 0) is 31.2 Å². The second-order valence-corrected chi connectivity index (χ2v) is 7.20. The Morgan fingerprint density at radius 3 is 2.85 bits per heavy atom. The van der Waals surface area contributed by atoms with E-state index in [1.54, 1.807) is 11.3 Å². The van der Waals surface area contributed by atoms with Crippen LogP contribution in [0.2, 0.25) is 0 Å². The largest absolute Gasteiger partial charge is 0.454 e. The van der Waals surface area contributed by atoms with Crippen molar-refractivity contribution in [3.8, 4) is 34.1 Å². The number of hydrogen-bond acceptors (Lipinski definition) is 7. The summed E-state index contributed by atoms with van der Waals surface area (Å²) >= 11 is 1.57. The van der Waals surface area contributed by atoms with Gasteiger partial charge in [0, 0.05) is 16.5 Å². The molecule has 0 N–H and O–H groups in total.